The number of hydrogen-bond acceptors (Lipinski definition) is 5. The number of para-hydroxylation sites is 1. The second-order valence-corrected chi connectivity index (χ2v) is 7.75. The summed E-state index contributed by atoms with van der Waals surface area (Å²) in [6.07, 6.45) is 3.89. The van der Waals surface area contributed by atoms with Gasteiger partial charge in [0.15, 0.2) is 6.10 Å². The van der Waals surface area contributed by atoms with E-state index in [0.29, 0.717) is 23.8 Å². The molecule has 2 aliphatic carbocycles. The van der Waals surface area contributed by atoms with Gasteiger partial charge in [0.05, 0.1) is 0 Å². The number of carbonyl (C=O) groups is 2. The molecule has 0 aromatic heterocycles. The quantitative estimate of drug-likeness (QED) is 0.516. The van der Waals surface area contributed by atoms with Crippen LogP contribution in [0.1, 0.15) is 32.6 Å². The van der Waals surface area contributed by atoms with Crippen LogP contribution in [0, 0.1) is 17.8 Å². The van der Waals surface area contributed by atoms with Crippen molar-refractivity contribution in [2.24, 2.45) is 17.8 Å². The van der Waals surface area contributed by atoms with E-state index >= 15 is 0 Å². The maximum atomic E-state index is 12.3. The molecule has 3 rings (SSSR count). The summed E-state index contributed by atoms with van der Waals surface area (Å²) in [6, 6.07) is 9.22. The van der Waals surface area contributed by atoms with E-state index in [1.165, 1.54) is 25.7 Å². The highest BCUT2D eigenvalue weighted by Gasteiger charge is 2.41. The van der Waals surface area contributed by atoms with E-state index < -0.39 is 18.2 Å². The number of benzene rings is 1. The molecule has 2 saturated carbocycles. The van der Waals surface area contributed by atoms with Crippen molar-refractivity contribution in [1.29, 1.82) is 0 Å². The van der Waals surface area contributed by atoms with Crippen LogP contribution in [-0.2, 0) is 14.3 Å². The highest BCUT2D eigenvalue weighted by Crippen LogP contribution is 2.48. The average Bonchev–Trinajstić information content (AvgIpc) is 3.28. The Morgan fingerprint density at radius 1 is 1.11 bits per heavy atom. The zero-order valence-electron chi connectivity index (χ0n) is 16.4. The van der Waals surface area contributed by atoms with Crippen LogP contribution in [0.25, 0.3) is 0 Å². The van der Waals surface area contributed by atoms with E-state index in [2.05, 4.69) is 11.9 Å². The van der Waals surface area contributed by atoms with E-state index in [4.69, 9.17) is 14.2 Å². The van der Waals surface area contributed by atoms with E-state index in [1.807, 2.05) is 30.3 Å². The van der Waals surface area contributed by atoms with Gasteiger partial charge < -0.3 is 19.5 Å². The van der Waals surface area contributed by atoms with Gasteiger partial charge in [-0.2, -0.15) is 0 Å². The Balaban J connectivity index is 1.48. The van der Waals surface area contributed by atoms with Crippen molar-refractivity contribution in [2.75, 3.05) is 19.8 Å². The Hall–Kier alpha value is -2.50. The Bertz CT molecular complexity index is 669. The molecule has 1 amide bonds. The number of fused-ring (bicyclic) bond motifs is 2. The number of alkyl carbamates (subject to hydrolysis) is 1. The van der Waals surface area contributed by atoms with Gasteiger partial charge in [-0.05, 0) is 62.5 Å². The van der Waals surface area contributed by atoms with Gasteiger partial charge >= 0.3 is 12.1 Å². The monoisotopic (exact) mass is 387 g/mol. The van der Waals surface area contributed by atoms with E-state index in [9.17, 15) is 9.59 Å². The lowest BCUT2D eigenvalue weighted by molar-refractivity contribution is -0.142. The molecule has 2 fully saturated rings. The summed E-state index contributed by atoms with van der Waals surface area (Å²) < 4.78 is 16.3. The molecule has 0 saturated heterocycles. The summed E-state index contributed by atoms with van der Waals surface area (Å²) in [7, 11) is 0. The number of hydrogen-bond donors (Lipinski definition) is 1. The zero-order valence-corrected chi connectivity index (χ0v) is 16.4. The average molecular weight is 387 g/mol. The minimum Gasteiger partial charge on any atom is -0.490 e. The molecule has 2 bridgehead atoms. The minimum absolute atomic E-state index is 0.0827. The summed E-state index contributed by atoms with van der Waals surface area (Å²) in [6.45, 7) is 5.78. The van der Waals surface area contributed by atoms with Crippen molar-refractivity contribution >= 4 is 12.1 Å². The number of amides is 1. The van der Waals surface area contributed by atoms with Crippen LogP contribution in [-0.4, -0.2) is 37.9 Å². The maximum absolute atomic E-state index is 12.3. The molecule has 1 N–H and O–H groups in total. The first-order chi connectivity index (χ1) is 13.5. The fraction of sp³-hybridized carbons (Fsp3) is 0.545. The molecule has 0 radical (unpaired) electrons. The van der Waals surface area contributed by atoms with E-state index in [1.54, 1.807) is 6.92 Å². The standard InChI is InChI=1S/C22H29NO5/c1-15(2)21(24)27-14-19(13-26-18-6-4-3-5-7-18)28-22(25)23-12-20-16-8-9-17(20)11-10-16/h3-7,16-17,19-20H,1,8-14H2,2H3,(H,23,25). The summed E-state index contributed by atoms with van der Waals surface area (Å²) >= 11 is 0. The summed E-state index contributed by atoms with van der Waals surface area (Å²) in [5.41, 5.74) is 0.295. The topological polar surface area (TPSA) is 73.9 Å². The van der Waals surface area contributed by atoms with Crippen molar-refractivity contribution < 1.29 is 23.8 Å². The van der Waals surface area contributed by atoms with Crippen molar-refractivity contribution in [1.82, 2.24) is 5.32 Å². The third kappa shape index (κ3) is 5.50. The Morgan fingerprint density at radius 2 is 1.75 bits per heavy atom. The van der Waals surface area contributed by atoms with Crippen LogP contribution >= 0.6 is 0 Å². The maximum Gasteiger partial charge on any atom is 0.407 e. The largest absolute Gasteiger partial charge is 0.490 e. The van der Waals surface area contributed by atoms with Gasteiger partial charge in [-0.1, -0.05) is 24.8 Å². The summed E-state index contributed by atoms with van der Waals surface area (Å²) in [5.74, 6) is 2.17. The molecule has 6 nitrogen and oxygen atoms in total. The molecule has 1 atom stereocenters. The number of ether oxygens (including phenoxy) is 3. The van der Waals surface area contributed by atoms with Crippen molar-refractivity contribution in [3.8, 4) is 5.75 Å². The number of carbonyl (C=O) groups excluding carboxylic acids is 2. The molecule has 28 heavy (non-hydrogen) atoms. The van der Waals surface area contributed by atoms with Crippen molar-refractivity contribution in [3.05, 3.63) is 42.5 Å². The Labute approximate surface area is 166 Å². The molecule has 0 spiro atoms. The number of rotatable bonds is 9. The first-order valence-corrected chi connectivity index (χ1v) is 9.98. The van der Waals surface area contributed by atoms with Crippen LogP contribution in [0.15, 0.2) is 42.5 Å². The molecule has 0 aliphatic heterocycles. The molecule has 1 unspecified atom stereocenters. The van der Waals surface area contributed by atoms with E-state index in [-0.39, 0.29) is 13.2 Å². The van der Waals surface area contributed by atoms with Gasteiger partial charge in [0, 0.05) is 12.1 Å². The van der Waals surface area contributed by atoms with Gasteiger partial charge in [0.2, 0.25) is 0 Å². The summed E-state index contributed by atoms with van der Waals surface area (Å²) in [5, 5.41) is 2.89. The lowest BCUT2D eigenvalue weighted by Crippen LogP contribution is -2.38. The SMILES string of the molecule is C=C(C)C(=O)OCC(COc1ccccc1)OC(=O)NCC1C2CCC1CC2. The number of esters is 1. The predicted molar refractivity (Wildman–Crippen MR) is 105 cm³/mol. The third-order valence-corrected chi connectivity index (χ3v) is 5.71. The third-order valence-electron chi connectivity index (χ3n) is 5.71. The van der Waals surface area contributed by atoms with Gasteiger partial charge in [0.25, 0.3) is 0 Å². The first kappa shape index (κ1) is 20.2. The molecule has 152 valence electrons. The van der Waals surface area contributed by atoms with Crippen LogP contribution in [0.2, 0.25) is 0 Å². The fourth-order valence-corrected chi connectivity index (χ4v) is 4.23. The smallest absolute Gasteiger partial charge is 0.407 e. The second kappa shape index (κ2) is 9.62. The van der Waals surface area contributed by atoms with Gasteiger partial charge in [0.1, 0.15) is 19.0 Å². The first-order valence-electron chi connectivity index (χ1n) is 9.98. The Morgan fingerprint density at radius 3 is 2.36 bits per heavy atom. The van der Waals surface area contributed by atoms with Crippen LogP contribution < -0.4 is 10.1 Å². The predicted octanol–water partition coefficient (Wildman–Crippen LogP) is 3.72. The normalized spacial score (nSPS) is 23.7. The zero-order chi connectivity index (χ0) is 19.9. The van der Waals surface area contributed by atoms with E-state index in [0.717, 1.165) is 11.8 Å². The van der Waals surface area contributed by atoms with Crippen molar-refractivity contribution in [3.63, 3.8) is 0 Å². The van der Waals surface area contributed by atoms with Crippen LogP contribution in [0.4, 0.5) is 4.79 Å². The molecule has 6 heteroatoms. The molecular formula is C22H29NO5. The highest BCUT2D eigenvalue weighted by atomic mass is 16.6. The van der Waals surface area contributed by atoms with Gasteiger partial charge in [-0.25, -0.2) is 9.59 Å². The van der Waals surface area contributed by atoms with Crippen LogP contribution in [0.5, 0.6) is 5.75 Å². The van der Waals surface area contributed by atoms with Crippen LogP contribution in [0.3, 0.4) is 0 Å². The molecule has 1 aromatic rings. The lowest BCUT2D eigenvalue weighted by atomic mass is 9.98. The molecule has 0 heterocycles. The Kier molecular flexibility index (Phi) is 6.95. The second-order valence-electron chi connectivity index (χ2n) is 7.75. The van der Waals surface area contributed by atoms with Gasteiger partial charge in [-0.15, -0.1) is 0 Å². The number of nitrogens with one attached hydrogen (secondary N) is 1. The van der Waals surface area contributed by atoms with Gasteiger partial charge in [-0.3, -0.25) is 0 Å². The minimum atomic E-state index is -0.705. The molecule has 1 aromatic carbocycles. The fourth-order valence-electron chi connectivity index (χ4n) is 4.23. The van der Waals surface area contributed by atoms with Crippen molar-refractivity contribution in [2.45, 2.75) is 38.7 Å². The summed E-state index contributed by atoms with van der Waals surface area (Å²) in [4.78, 5) is 24.0. The lowest BCUT2D eigenvalue weighted by Gasteiger charge is -2.21. The highest BCUT2D eigenvalue weighted by molar-refractivity contribution is 5.86. The molecule has 2 aliphatic rings. The molecular weight excluding hydrogens is 358 g/mol.